The molecule has 4 rings (SSSR count). The highest BCUT2D eigenvalue weighted by molar-refractivity contribution is 5.85. The standard InChI is InChI=1S/C17H14N4O2/c1-18-16-17-20-13(11-7-6-10(22)8-15(11)23)9-21(17)14-5-3-2-4-12(14)19-16/h2-9,22-23H,1H3,(H,18,19). The summed E-state index contributed by atoms with van der Waals surface area (Å²) in [6, 6.07) is 12.2. The van der Waals surface area contributed by atoms with E-state index in [1.54, 1.807) is 13.1 Å². The van der Waals surface area contributed by atoms with Crippen LogP contribution >= 0.6 is 0 Å². The second kappa shape index (κ2) is 4.88. The second-order valence-electron chi connectivity index (χ2n) is 5.22. The highest BCUT2D eigenvalue weighted by atomic mass is 16.3. The maximum Gasteiger partial charge on any atom is 0.181 e. The van der Waals surface area contributed by atoms with E-state index in [9.17, 15) is 10.2 Å². The van der Waals surface area contributed by atoms with Crippen molar-refractivity contribution in [3.05, 3.63) is 48.7 Å². The molecule has 0 spiro atoms. The highest BCUT2D eigenvalue weighted by Gasteiger charge is 2.14. The summed E-state index contributed by atoms with van der Waals surface area (Å²) < 4.78 is 1.94. The molecule has 0 fully saturated rings. The predicted octanol–water partition coefficient (Wildman–Crippen LogP) is 3.00. The summed E-state index contributed by atoms with van der Waals surface area (Å²) in [6.45, 7) is 0. The van der Waals surface area contributed by atoms with Crippen molar-refractivity contribution in [3.63, 3.8) is 0 Å². The van der Waals surface area contributed by atoms with Crippen LogP contribution in [0.25, 0.3) is 27.9 Å². The molecule has 23 heavy (non-hydrogen) atoms. The van der Waals surface area contributed by atoms with E-state index in [2.05, 4.69) is 15.3 Å². The van der Waals surface area contributed by atoms with Crippen LogP contribution in [0.3, 0.4) is 0 Å². The summed E-state index contributed by atoms with van der Waals surface area (Å²) in [6.07, 6.45) is 1.85. The first-order chi connectivity index (χ1) is 11.2. The number of aromatic nitrogens is 3. The Bertz CT molecular complexity index is 1040. The van der Waals surface area contributed by atoms with E-state index in [4.69, 9.17) is 0 Å². The van der Waals surface area contributed by atoms with Gasteiger partial charge < -0.3 is 15.5 Å². The number of benzene rings is 2. The number of para-hydroxylation sites is 2. The van der Waals surface area contributed by atoms with Crippen LogP contribution in [0.15, 0.2) is 48.7 Å². The van der Waals surface area contributed by atoms with E-state index in [0.717, 1.165) is 11.0 Å². The number of phenols is 2. The lowest BCUT2D eigenvalue weighted by Gasteiger charge is -2.05. The van der Waals surface area contributed by atoms with Crippen molar-refractivity contribution < 1.29 is 10.2 Å². The molecular formula is C17H14N4O2. The SMILES string of the molecule is CNc1nc2ccccc2n2cc(-c3ccc(O)cc3O)nc12. The Morgan fingerprint density at radius 2 is 1.87 bits per heavy atom. The van der Waals surface area contributed by atoms with Gasteiger partial charge in [0.15, 0.2) is 11.5 Å². The molecule has 0 saturated heterocycles. The number of rotatable bonds is 2. The molecule has 0 bridgehead atoms. The Hall–Kier alpha value is -3.28. The highest BCUT2D eigenvalue weighted by Crippen LogP contribution is 2.33. The number of nitrogens with one attached hydrogen (secondary N) is 1. The van der Waals surface area contributed by atoms with Crippen LogP contribution in [-0.2, 0) is 0 Å². The van der Waals surface area contributed by atoms with E-state index >= 15 is 0 Å². The van der Waals surface area contributed by atoms with Gasteiger partial charge in [-0.05, 0) is 24.3 Å². The number of hydrogen-bond donors (Lipinski definition) is 3. The van der Waals surface area contributed by atoms with E-state index in [1.807, 2.05) is 34.9 Å². The normalized spacial score (nSPS) is 11.2. The molecule has 0 unspecified atom stereocenters. The van der Waals surface area contributed by atoms with Gasteiger partial charge in [0.05, 0.1) is 16.7 Å². The van der Waals surface area contributed by atoms with Gasteiger partial charge in [0, 0.05) is 24.9 Å². The number of imidazole rings is 1. The van der Waals surface area contributed by atoms with Crippen molar-refractivity contribution in [3.8, 4) is 22.8 Å². The summed E-state index contributed by atoms with van der Waals surface area (Å²) in [5.41, 5.74) is 3.62. The fraction of sp³-hybridized carbons (Fsp3) is 0.0588. The van der Waals surface area contributed by atoms with Crippen molar-refractivity contribution in [1.82, 2.24) is 14.4 Å². The van der Waals surface area contributed by atoms with Gasteiger partial charge in [-0.2, -0.15) is 0 Å². The Morgan fingerprint density at radius 3 is 2.65 bits per heavy atom. The maximum absolute atomic E-state index is 10.1. The van der Waals surface area contributed by atoms with Crippen LogP contribution in [0.2, 0.25) is 0 Å². The van der Waals surface area contributed by atoms with Crippen LogP contribution in [-0.4, -0.2) is 31.6 Å². The third-order valence-corrected chi connectivity index (χ3v) is 3.79. The number of phenolic OH excluding ortho intramolecular Hbond substituents is 2. The molecular weight excluding hydrogens is 292 g/mol. The zero-order valence-corrected chi connectivity index (χ0v) is 12.4. The van der Waals surface area contributed by atoms with E-state index in [-0.39, 0.29) is 11.5 Å². The fourth-order valence-electron chi connectivity index (χ4n) is 2.70. The first-order valence-electron chi connectivity index (χ1n) is 7.15. The zero-order valence-electron chi connectivity index (χ0n) is 12.4. The number of anilines is 1. The first kappa shape index (κ1) is 13.4. The molecule has 6 nitrogen and oxygen atoms in total. The lowest BCUT2D eigenvalue weighted by Crippen LogP contribution is -1.98. The molecule has 0 radical (unpaired) electrons. The Morgan fingerprint density at radius 1 is 1.04 bits per heavy atom. The largest absolute Gasteiger partial charge is 0.508 e. The average Bonchev–Trinajstić information content (AvgIpc) is 2.99. The molecule has 2 aromatic carbocycles. The summed E-state index contributed by atoms with van der Waals surface area (Å²) in [4.78, 5) is 9.16. The second-order valence-corrected chi connectivity index (χ2v) is 5.22. The van der Waals surface area contributed by atoms with Gasteiger partial charge in [-0.25, -0.2) is 9.97 Å². The van der Waals surface area contributed by atoms with E-state index in [1.165, 1.54) is 12.1 Å². The van der Waals surface area contributed by atoms with Crippen molar-refractivity contribution >= 4 is 22.5 Å². The van der Waals surface area contributed by atoms with Crippen LogP contribution < -0.4 is 5.32 Å². The number of aromatic hydroxyl groups is 2. The lowest BCUT2D eigenvalue weighted by molar-refractivity contribution is 0.452. The minimum absolute atomic E-state index is 0.0121. The van der Waals surface area contributed by atoms with Gasteiger partial charge in [-0.1, -0.05) is 12.1 Å². The molecule has 3 N–H and O–H groups in total. The summed E-state index contributed by atoms with van der Waals surface area (Å²) in [5, 5.41) is 22.6. The predicted molar refractivity (Wildman–Crippen MR) is 88.8 cm³/mol. The molecule has 4 aromatic rings. The van der Waals surface area contributed by atoms with Crippen molar-refractivity contribution in [2.75, 3.05) is 12.4 Å². The Balaban J connectivity index is 2.05. The van der Waals surface area contributed by atoms with Crippen LogP contribution in [0.5, 0.6) is 11.5 Å². The number of nitrogens with zero attached hydrogens (tertiary/aromatic N) is 3. The molecule has 0 atom stereocenters. The molecule has 2 aromatic heterocycles. The minimum atomic E-state index is -0.0170. The topological polar surface area (TPSA) is 82.7 Å². The number of fused-ring (bicyclic) bond motifs is 3. The van der Waals surface area contributed by atoms with Gasteiger partial charge in [0.2, 0.25) is 0 Å². The quantitative estimate of drug-likeness (QED) is 0.530. The van der Waals surface area contributed by atoms with E-state index < -0.39 is 0 Å². The molecule has 6 heteroatoms. The molecule has 0 amide bonds. The van der Waals surface area contributed by atoms with Crippen molar-refractivity contribution in [1.29, 1.82) is 0 Å². The average molecular weight is 306 g/mol. The Kier molecular flexibility index (Phi) is 2.84. The third-order valence-electron chi connectivity index (χ3n) is 3.79. The van der Waals surface area contributed by atoms with Gasteiger partial charge >= 0.3 is 0 Å². The smallest absolute Gasteiger partial charge is 0.181 e. The monoisotopic (exact) mass is 306 g/mol. The molecule has 114 valence electrons. The molecule has 0 saturated carbocycles. The molecule has 0 aliphatic carbocycles. The van der Waals surface area contributed by atoms with Crippen LogP contribution in [0, 0.1) is 0 Å². The van der Waals surface area contributed by atoms with Gasteiger partial charge in [0.1, 0.15) is 11.5 Å². The summed E-state index contributed by atoms with van der Waals surface area (Å²) >= 11 is 0. The maximum atomic E-state index is 10.1. The van der Waals surface area contributed by atoms with Gasteiger partial charge in [-0.3, -0.25) is 4.40 Å². The third kappa shape index (κ3) is 2.03. The molecule has 0 aliphatic rings. The minimum Gasteiger partial charge on any atom is -0.508 e. The zero-order chi connectivity index (χ0) is 16.0. The van der Waals surface area contributed by atoms with Crippen LogP contribution in [0.4, 0.5) is 5.82 Å². The first-order valence-corrected chi connectivity index (χ1v) is 7.15. The van der Waals surface area contributed by atoms with Gasteiger partial charge in [-0.15, -0.1) is 0 Å². The summed E-state index contributed by atoms with van der Waals surface area (Å²) in [5.74, 6) is 0.656. The Labute approximate surface area is 131 Å². The summed E-state index contributed by atoms with van der Waals surface area (Å²) in [7, 11) is 1.80. The lowest BCUT2D eigenvalue weighted by atomic mass is 10.1. The molecule has 0 aliphatic heterocycles. The fourth-order valence-corrected chi connectivity index (χ4v) is 2.70. The van der Waals surface area contributed by atoms with Gasteiger partial charge in [0.25, 0.3) is 0 Å². The molecule has 2 heterocycles. The van der Waals surface area contributed by atoms with Crippen LogP contribution in [0.1, 0.15) is 0 Å². The van der Waals surface area contributed by atoms with Crippen molar-refractivity contribution in [2.45, 2.75) is 0 Å². The van der Waals surface area contributed by atoms with E-state index in [0.29, 0.717) is 22.7 Å². The van der Waals surface area contributed by atoms with Crippen molar-refractivity contribution in [2.24, 2.45) is 0 Å². The number of hydrogen-bond acceptors (Lipinski definition) is 5.